The standard InChI is InChI=1S/C12H18N2.C7H6F2/c1-13-12-7-8-14(10-12)9-11-5-3-2-4-6-11;1-5-2-3-6(8)4-7(5)9/h2-6,12-13H,7-10H2,1H3;2-4H,1H3/t12-;/m1./s1. The summed E-state index contributed by atoms with van der Waals surface area (Å²) in [5.74, 6) is -1.02. The molecule has 2 aromatic carbocycles. The van der Waals surface area contributed by atoms with Crippen molar-refractivity contribution in [2.75, 3.05) is 20.1 Å². The molecule has 0 saturated carbocycles. The van der Waals surface area contributed by atoms with Crippen LogP contribution in [0.25, 0.3) is 0 Å². The van der Waals surface area contributed by atoms with Gasteiger partial charge < -0.3 is 5.32 Å². The Kier molecular flexibility index (Phi) is 6.68. The minimum Gasteiger partial charge on any atom is -0.316 e. The number of likely N-dealkylation sites (N-methyl/N-ethyl adjacent to an activating group) is 1. The molecule has 1 saturated heterocycles. The van der Waals surface area contributed by atoms with Crippen molar-refractivity contribution >= 4 is 0 Å². The van der Waals surface area contributed by atoms with E-state index in [0.29, 0.717) is 11.6 Å². The molecule has 0 spiro atoms. The minimum absolute atomic E-state index is 0.469. The third-order valence-corrected chi connectivity index (χ3v) is 4.06. The number of hydrogen-bond donors (Lipinski definition) is 1. The average Bonchev–Trinajstić information content (AvgIpc) is 3.00. The number of halogens is 2. The van der Waals surface area contributed by atoms with E-state index >= 15 is 0 Å². The lowest BCUT2D eigenvalue weighted by molar-refractivity contribution is 0.322. The fraction of sp³-hybridized carbons (Fsp3) is 0.368. The Balaban J connectivity index is 0.000000185. The predicted molar refractivity (Wildman–Crippen MR) is 90.3 cm³/mol. The van der Waals surface area contributed by atoms with Crippen LogP contribution in [0.2, 0.25) is 0 Å². The number of nitrogens with zero attached hydrogens (tertiary/aromatic N) is 1. The lowest BCUT2D eigenvalue weighted by Crippen LogP contribution is -2.29. The monoisotopic (exact) mass is 318 g/mol. The van der Waals surface area contributed by atoms with Gasteiger partial charge in [0, 0.05) is 31.7 Å². The Bertz CT molecular complexity index is 602. The van der Waals surface area contributed by atoms with E-state index in [1.165, 1.54) is 37.2 Å². The molecule has 4 heteroatoms. The number of benzene rings is 2. The highest BCUT2D eigenvalue weighted by atomic mass is 19.1. The van der Waals surface area contributed by atoms with Crippen molar-refractivity contribution in [2.45, 2.75) is 25.9 Å². The third kappa shape index (κ3) is 5.73. The van der Waals surface area contributed by atoms with Crippen molar-refractivity contribution in [1.29, 1.82) is 0 Å². The highest BCUT2D eigenvalue weighted by Gasteiger charge is 2.20. The van der Waals surface area contributed by atoms with Crippen LogP contribution in [0, 0.1) is 18.6 Å². The maximum Gasteiger partial charge on any atom is 0.129 e. The Morgan fingerprint density at radius 1 is 1.13 bits per heavy atom. The first-order valence-corrected chi connectivity index (χ1v) is 7.93. The van der Waals surface area contributed by atoms with E-state index in [4.69, 9.17) is 0 Å². The molecule has 0 aromatic heterocycles. The van der Waals surface area contributed by atoms with E-state index in [-0.39, 0.29) is 0 Å². The number of rotatable bonds is 3. The Morgan fingerprint density at radius 2 is 1.87 bits per heavy atom. The second-order valence-corrected chi connectivity index (χ2v) is 5.89. The van der Waals surface area contributed by atoms with E-state index in [1.807, 2.05) is 0 Å². The number of aryl methyl sites for hydroxylation is 1. The molecule has 0 bridgehead atoms. The lowest BCUT2D eigenvalue weighted by atomic mass is 10.2. The highest BCUT2D eigenvalue weighted by Crippen LogP contribution is 2.12. The first kappa shape index (κ1) is 17.6. The summed E-state index contributed by atoms with van der Waals surface area (Å²) in [4.78, 5) is 2.51. The Hall–Kier alpha value is -1.78. The predicted octanol–water partition coefficient (Wildman–Crippen LogP) is 3.75. The molecule has 3 rings (SSSR count). The zero-order valence-corrected chi connectivity index (χ0v) is 13.7. The molecule has 124 valence electrons. The summed E-state index contributed by atoms with van der Waals surface area (Å²) in [7, 11) is 2.05. The molecule has 1 N–H and O–H groups in total. The molecule has 1 heterocycles. The molecule has 23 heavy (non-hydrogen) atoms. The number of nitrogens with one attached hydrogen (secondary N) is 1. The Morgan fingerprint density at radius 3 is 2.43 bits per heavy atom. The molecular formula is C19H24F2N2. The van der Waals surface area contributed by atoms with Gasteiger partial charge in [-0.1, -0.05) is 36.4 Å². The maximum absolute atomic E-state index is 12.3. The second-order valence-electron chi connectivity index (χ2n) is 5.89. The van der Waals surface area contributed by atoms with Crippen LogP contribution in [0.3, 0.4) is 0 Å². The van der Waals surface area contributed by atoms with Crippen molar-refractivity contribution in [3.63, 3.8) is 0 Å². The fourth-order valence-corrected chi connectivity index (χ4v) is 2.62. The molecule has 1 aliphatic rings. The van der Waals surface area contributed by atoms with Crippen LogP contribution in [0.15, 0.2) is 48.5 Å². The first-order valence-electron chi connectivity index (χ1n) is 7.93. The van der Waals surface area contributed by atoms with Crippen LogP contribution in [-0.2, 0) is 6.54 Å². The quantitative estimate of drug-likeness (QED) is 0.927. The lowest BCUT2D eigenvalue weighted by Gasteiger charge is -2.15. The van der Waals surface area contributed by atoms with Crippen LogP contribution in [-0.4, -0.2) is 31.1 Å². The molecule has 1 aliphatic heterocycles. The van der Waals surface area contributed by atoms with Gasteiger partial charge in [-0.25, -0.2) is 8.78 Å². The van der Waals surface area contributed by atoms with Gasteiger partial charge in [0.25, 0.3) is 0 Å². The van der Waals surface area contributed by atoms with Gasteiger partial charge in [-0.3, -0.25) is 4.90 Å². The van der Waals surface area contributed by atoms with Gasteiger partial charge in [0.05, 0.1) is 0 Å². The van der Waals surface area contributed by atoms with Gasteiger partial charge in [0.2, 0.25) is 0 Å². The van der Waals surface area contributed by atoms with Gasteiger partial charge >= 0.3 is 0 Å². The molecule has 0 aliphatic carbocycles. The summed E-state index contributed by atoms with van der Waals surface area (Å²) in [6.07, 6.45) is 1.28. The van der Waals surface area contributed by atoms with E-state index in [2.05, 4.69) is 47.6 Å². The van der Waals surface area contributed by atoms with Crippen LogP contribution >= 0.6 is 0 Å². The van der Waals surface area contributed by atoms with E-state index in [0.717, 1.165) is 12.6 Å². The third-order valence-electron chi connectivity index (χ3n) is 4.06. The maximum atomic E-state index is 12.3. The van der Waals surface area contributed by atoms with Crippen LogP contribution in [0.4, 0.5) is 8.78 Å². The van der Waals surface area contributed by atoms with Gasteiger partial charge in [-0.15, -0.1) is 0 Å². The summed E-state index contributed by atoms with van der Waals surface area (Å²) in [5.41, 5.74) is 1.89. The van der Waals surface area contributed by atoms with Crippen LogP contribution < -0.4 is 5.32 Å². The molecule has 0 unspecified atom stereocenters. The van der Waals surface area contributed by atoms with Crippen molar-refractivity contribution in [1.82, 2.24) is 10.2 Å². The molecule has 0 radical (unpaired) electrons. The van der Waals surface area contributed by atoms with Gasteiger partial charge in [-0.05, 0) is 37.6 Å². The molecule has 1 fully saturated rings. The topological polar surface area (TPSA) is 15.3 Å². The fourth-order valence-electron chi connectivity index (χ4n) is 2.62. The summed E-state index contributed by atoms with van der Waals surface area (Å²) < 4.78 is 24.4. The number of likely N-dealkylation sites (tertiary alicyclic amines) is 1. The van der Waals surface area contributed by atoms with Crippen molar-refractivity contribution < 1.29 is 8.78 Å². The summed E-state index contributed by atoms with van der Waals surface area (Å²) in [6, 6.07) is 14.9. The zero-order chi connectivity index (χ0) is 16.7. The van der Waals surface area contributed by atoms with Crippen LogP contribution in [0.1, 0.15) is 17.5 Å². The SMILES string of the molecule is CN[C@@H]1CCN(Cc2ccccc2)C1.Cc1ccc(F)cc1F. The molecule has 1 atom stereocenters. The zero-order valence-electron chi connectivity index (χ0n) is 13.7. The molecule has 2 nitrogen and oxygen atoms in total. The minimum atomic E-state index is -0.530. The second kappa shape index (κ2) is 8.75. The van der Waals surface area contributed by atoms with Gasteiger partial charge in [-0.2, -0.15) is 0 Å². The van der Waals surface area contributed by atoms with E-state index in [1.54, 1.807) is 6.92 Å². The largest absolute Gasteiger partial charge is 0.316 e. The molecule has 2 aromatic rings. The Labute approximate surface area is 137 Å². The van der Waals surface area contributed by atoms with E-state index < -0.39 is 11.6 Å². The summed E-state index contributed by atoms with van der Waals surface area (Å²) in [6.45, 7) is 5.10. The average molecular weight is 318 g/mol. The molecular weight excluding hydrogens is 294 g/mol. The highest BCUT2D eigenvalue weighted by molar-refractivity contribution is 5.16. The van der Waals surface area contributed by atoms with Crippen LogP contribution in [0.5, 0.6) is 0 Å². The summed E-state index contributed by atoms with van der Waals surface area (Å²) >= 11 is 0. The molecule has 0 amide bonds. The normalized spacial score (nSPS) is 17.7. The number of hydrogen-bond acceptors (Lipinski definition) is 2. The van der Waals surface area contributed by atoms with Crippen molar-refractivity contribution in [2.24, 2.45) is 0 Å². The summed E-state index contributed by atoms with van der Waals surface area (Å²) in [5, 5.41) is 3.34. The van der Waals surface area contributed by atoms with Crippen molar-refractivity contribution in [3.05, 3.63) is 71.3 Å². The van der Waals surface area contributed by atoms with Gasteiger partial charge in [0.1, 0.15) is 11.6 Å². The van der Waals surface area contributed by atoms with E-state index in [9.17, 15) is 8.78 Å². The first-order chi connectivity index (χ1) is 11.1. The van der Waals surface area contributed by atoms with Gasteiger partial charge in [0.15, 0.2) is 0 Å². The van der Waals surface area contributed by atoms with Crippen molar-refractivity contribution in [3.8, 4) is 0 Å². The smallest absolute Gasteiger partial charge is 0.129 e.